The summed E-state index contributed by atoms with van der Waals surface area (Å²) in [7, 11) is 1.62. The average Bonchev–Trinajstić information content (AvgIpc) is 2.46. The van der Waals surface area contributed by atoms with Crippen LogP contribution in [0.5, 0.6) is 0 Å². The monoisotopic (exact) mass is 288 g/mol. The first-order valence-electron chi connectivity index (χ1n) is 6.41. The maximum Gasteiger partial charge on any atom is 0.251 e. The molecule has 2 rings (SSSR count). The maximum absolute atomic E-state index is 11.4. The maximum atomic E-state index is 11.4. The van der Waals surface area contributed by atoms with Crippen LogP contribution < -0.4 is 10.6 Å². The zero-order chi connectivity index (χ0) is 14.5. The molecule has 0 radical (unpaired) electrons. The van der Waals surface area contributed by atoms with Gasteiger partial charge in [-0.05, 0) is 54.4 Å². The summed E-state index contributed by atoms with van der Waals surface area (Å²) in [5, 5.41) is 6.68. The lowest BCUT2D eigenvalue weighted by molar-refractivity contribution is 0.0963. The average molecular weight is 289 g/mol. The van der Waals surface area contributed by atoms with Gasteiger partial charge >= 0.3 is 0 Å². The van der Waals surface area contributed by atoms with Crippen molar-refractivity contribution < 1.29 is 4.79 Å². The number of carbonyl (C=O) groups is 1. The Kier molecular flexibility index (Phi) is 4.64. The molecule has 0 saturated carbocycles. The van der Waals surface area contributed by atoms with E-state index in [1.807, 2.05) is 37.3 Å². The molecule has 0 aliphatic rings. The second-order valence-electron chi connectivity index (χ2n) is 4.58. The number of aryl methyl sites for hydroxylation is 1. The van der Waals surface area contributed by atoms with Crippen LogP contribution in [-0.4, -0.2) is 13.0 Å². The molecule has 0 saturated heterocycles. The van der Waals surface area contributed by atoms with Gasteiger partial charge in [0.1, 0.15) is 0 Å². The molecule has 104 valence electrons. The zero-order valence-electron chi connectivity index (χ0n) is 11.5. The first-order chi connectivity index (χ1) is 9.60. The lowest BCUT2D eigenvalue weighted by Gasteiger charge is -2.10. The molecule has 1 amide bonds. The molecule has 0 bridgehead atoms. The van der Waals surface area contributed by atoms with E-state index in [0.29, 0.717) is 5.56 Å². The predicted octanol–water partition coefficient (Wildman–Crippen LogP) is 3.62. The largest absolute Gasteiger partial charge is 0.381 e. The normalized spacial score (nSPS) is 10.2. The number of amides is 1. The van der Waals surface area contributed by atoms with Crippen molar-refractivity contribution in [1.29, 1.82) is 0 Å². The van der Waals surface area contributed by atoms with Crippen molar-refractivity contribution in [2.24, 2.45) is 0 Å². The number of halogens is 1. The predicted molar refractivity (Wildman–Crippen MR) is 83.3 cm³/mol. The number of rotatable bonds is 4. The standard InChI is InChI=1S/C16H17ClN2O/c1-11-9-14(17)6-3-13(11)10-19-15-7-4-12(5-8-15)16(20)18-2/h3-9,19H,10H2,1-2H3,(H,18,20). The molecule has 3 nitrogen and oxygen atoms in total. The molecule has 0 aromatic heterocycles. The van der Waals surface area contributed by atoms with Crippen LogP contribution in [0, 0.1) is 6.92 Å². The van der Waals surface area contributed by atoms with E-state index >= 15 is 0 Å². The van der Waals surface area contributed by atoms with Gasteiger partial charge in [0.25, 0.3) is 5.91 Å². The fourth-order valence-electron chi connectivity index (χ4n) is 1.94. The highest BCUT2D eigenvalue weighted by atomic mass is 35.5. The van der Waals surface area contributed by atoms with Crippen LogP contribution in [0.25, 0.3) is 0 Å². The van der Waals surface area contributed by atoms with Crippen molar-refractivity contribution in [3.63, 3.8) is 0 Å². The van der Waals surface area contributed by atoms with Crippen LogP contribution in [0.2, 0.25) is 5.02 Å². The van der Waals surface area contributed by atoms with E-state index in [1.165, 1.54) is 5.56 Å². The molecule has 0 aliphatic carbocycles. The summed E-state index contributed by atoms with van der Waals surface area (Å²) in [5.41, 5.74) is 3.99. The van der Waals surface area contributed by atoms with Gasteiger partial charge in [-0.1, -0.05) is 17.7 Å². The molecule has 0 fully saturated rings. The Morgan fingerprint density at radius 1 is 1.15 bits per heavy atom. The van der Waals surface area contributed by atoms with E-state index in [2.05, 4.69) is 10.6 Å². The van der Waals surface area contributed by atoms with Crippen LogP contribution >= 0.6 is 11.6 Å². The minimum atomic E-state index is -0.0786. The van der Waals surface area contributed by atoms with Gasteiger partial charge in [0, 0.05) is 29.9 Å². The van der Waals surface area contributed by atoms with Crippen molar-refractivity contribution in [2.45, 2.75) is 13.5 Å². The van der Waals surface area contributed by atoms with Crippen molar-refractivity contribution in [3.8, 4) is 0 Å². The topological polar surface area (TPSA) is 41.1 Å². The highest BCUT2D eigenvalue weighted by molar-refractivity contribution is 6.30. The van der Waals surface area contributed by atoms with Gasteiger partial charge in [0.05, 0.1) is 0 Å². The molecule has 20 heavy (non-hydrogen) atoms. The molecule has 2 aromatic carbocycles. The second kappa shape index (κ2) is 6.44. The molecular formula is C16H17ClN2O. The molecule has 0 atom stereocenters. The number of benzene rings is 2. The molecule has 4 heteroatoms. The number of anilines is 1. The number of hydrogen-bond acceptors (Lipinski definition) is 2. The van der Waals surface area contributed by atoms with Crippen LogP contribution in [0.1, 0.15) is 21.5 Å². The fourth-order valence-corrected chi connectivity index (χ4v) is 2.17. The fraction of sp³-hybridized carbons (Fsp3) is 0.188. The Morgan fingerprint density at radius 3 is 2.45 bits per heavy atom. The third kappa shape index (κ3) is 3.52. The minimum Gasteiger partial charge on any atom is -0.381 e. The molecule has 0 heterocycles. The molecule has 0 unspecified atom stereocenters. The van der Waals surface area contributed by atoms with Crippen molar-refractivity contribution in [3.05, 3.63) is 64.2 Å². The van der Waals surface area contributed by atoms with E-state index in [4.69, 9.17) is 11.6 Å². The van der Waals surface area contributed by atoms with Crippen molar-refractivity contribution in [1.82, 2.24) is 5.32 Å². The minimum absolute atomic E-state index is 0.0786. The van der Waals surface area contributed by atoms with Gasteiger partial charge in [-0.3, -0.25) is 4.79 Å². The molecular weight excluding hydrogens is 272 g/mol. The number of nitrogens with one attached hydrogen (secondary N) is 2. The summed E-state index contributed by atoms with van der Waals surface area (Å²) in [6.45, 7) is 2.76. The van der Waals surface area contributed by atoms with E-state index in [0.717, 1.165) is 22.8 Å². The van der Waals surface area contributed by atoms with E-state index < -0.39 is 0 Å². The van der Waals surface area contributed by atoms with Crippen molar-refractivity contribution >= 4 is 23.2 Å². The van der Waals surface area contributed by atoms with Crippen LogP contribution in [-0.2, 0) is 6.54 Å². The quantitative estimate of drug-likeness (QED) is 0.902. The second-order valence-corrected chi connectivity index (χ2v) is 5.02. The van der Waals surface area contributed by atoms with Crippen LogP contribution in [0.15, 0.2) is 42.5 Å². The highest BCUT2D eigenvalue weighted by Crippen LogP contribution is 2.17. The Balaban J connectivity index is 2.02. The van der Waals surface area contributed by atoms with Crippen LogP contribution in [0.4, 0.5) is 5.69 Å². The van der Waals surface area contributed by atoms with Gasteiger partial charge < -0.3 is 10.6 Å². The molecule has 2 aromatic rings. The highest BCUT2D eigenvalue weighted by Gasteiger charge is 2.03. The molecule has 2 N–H and O–H groups in total. The lowest BCUT2D eigenvalue weighted by Crippen LogP contribution is -2.17. The Hall–Kier alpha value is -2.00. The van der Waals surface area contributed by atoms with Gasteiger partial charge in [-0.15, -0.1) is 0 Å². The Bertz CT molecular complexity index is 608. The summed E-state index contributed by atoms with van der Waals surface area (Å²) >= 11 is 5.94. The van der Waals surface area contributed by atoms with E-state index in [9.17, 15) is 4.79 Å². The summed E-state index contributed by atoms with van der Waals surface area (Å²) in [4.78, 5) is 11.4. The first kappa shape index (κ1) is 14.4. The molecule has 0 spiro atoms. The first-order valence-corrected chi connectivity index (χ1v) is 6.79. The number of carbonyl (C=O) groups excluding carboxylic acids is 1. The van der Waals surface area contributed by atoms with Crippen molar-refractivity contribution in [2.75, 3.05) is 12.4 Å². The smallest absolute Gasteiger partial charge is 0.251 e. The van der Waals surface area contributed by atoms with Gasteiger partial charge in [0.15, 0.2) is 0 Å². The Labute approximate surface area is 124 Å². The Morgan fingerprint density at radius 2 is 1.85 bits per heavy atom. The summed E-state index contributed by atoms with van der Waals surface area (Å²) in [6.07, 6.45) is 0. The van der Waals surface area contributed by atoms with Gasteiger partial charge in [0.2, 0.25) is 0 Å². The van der Waals surface area contributed by atoms with Gasteiger partial charge in [-0.25, -0.2) is 0 Å². The third-order valence-corrected chi connectivity index (χ3v) is 3.40. The number of hydrogen-bond donors (Lipinski definition) is 2. The third-order valence-electron chi connectivity index (χ3n) is 3.16. The SMILES string of the molecule is CNC(=O)c1ccc(NCc2ccc(Cl)cc2C)cc1. The van der Waals surface area contributed by atoms with Gasteiger partial charge in [-0.2, -0.15) is 0 Å². The van der Waals surface area contributed by atoms with Crippen LogP contribution in [0.3, 0.4) is 0 Å². The lowest BCUT2D eigenvalue weighted by atomic mass is 10.1. The summed E-state index contributed by atoms with van der Waals surface area (Å²) < 4.78 is 0. The summed E-state index contributed by atoms with van der Waals surface area (Å²) in [6, 6.07) is 13.3. The summed E-state index contributed by atoms with van der Waals surface area (Å²) in [5.74, 6) is -0.0786. The van der Waals surface area contributed by atoms with E-state index in [-0.39, 0.29) is 5.91 Å². The zero-order valence-corrected chi connectivity index (χ0v) is 12.3. The molecule has 0 aliphatic heterocycles. The van der Waals surface area contributed by atoms with E-state index in [1.54, 1.807) is 19.2 Å².